The largest absolute Gasteiger partial charge is 0.494 e. The maximum atomic E-state index is 11.1. The Kier molecular flexibility index (Phi) is 7.34. The molecule has 0 spiro atoms. The predicted molar refractivity (Wildman–Crippen MR) is 68.4 cm³/mol. The van der Waals surface area contributed by atoms with Gasteiger partial charge in [0.2, 0.25) is 0 Å². The molecule has 5 heteroatoms. The van der Waals surface area contributed by atoms with Gasteiger partial charge in [0.25, 0.3) is 0 Å². The van der Waals surface area contributed by atoms with Crippen LogP contribution in [0, 0.1) is 0 Å². The Morgan fingerprint density at radius 2 is 2.18 bits per heavy atom. The lowest BCUT2D eigenvalue weighted by molar-refractivity contribution is -0.141. The molecule has 2 N–H and O–H groups in total. The number of hydrogen-bond donors (Lipinski definition) is 1. The van der Waals surface area contributed by atoms with Crippen molar-refractivity contribution in [2.75, 3.05) is 13.7 Å². The van der Waals surface area contributed by atoms with Crippen molar-refractivity contribution in [3.05, 3.63) is 29.8 Å². The van der Waals surface area contributed by atoms with Gasteiger partial charge in [-0.3, -0.25) is 4.79 Å². The van der Waals surface area contributed by atoms with Gasteiger partial charge in [0.1, 0.15) is 5.75 Å². The number of ether oxygens (including phenoxy) is 2. The Bertz CT molecular complexity index is 357. The van der Waals surface area contributed by atoms with E-state index in [9.17, 15) is 4.79 Å². The Labute approximate surface area is 108 Å². The molecule has 0 aliphatic heterocycles. The Morgan fingerprint density at radius 3 is 2.76 bits per heavy atom. The van der Waals surface area contributed by atoms with E-state index in [4.69, 9.17) is 10.5 Å². The fraction of sp³-hybridized carbons (Fsp3) is 0.417. The molecule has 0 bridgehead atoms. The summed E-state index contributed by atoms with van der Waals surface area (Å²) in [6.07, 6.45) is 0.173. The molecule has 0 radical (unpaired) electrons. The normalized spacial score (nSPS) is 11.2. The van der Waals surface area contributed by atoms with E-state index in [1.54, 1.807) is 0 Å². The molecule has 0 aromatic heterocycles. The van der Waals surface area contributed by atoms with Crippen LogP contribution in [0.3, 0.4) is 0 Å². The third kappa shape index (κ3) is 5.06. The molecule has 1 aromatic rings. The maximum Gasteiger partial charge on any atom is 0.307 e. The van der Waals surface area contributed by atoms with Gasteiger partial charge in [-0.05, 0) is 24.6 Å². The summed E-state index contributed by atoms with van der Waals surface area (Å²) in [6, 6.07) is 7.08. The van der Waals surface area contributed by atoms with Crippen LogP contribution in [0.4, 0.5) is 0 Å². The van der Waals surface area contributed by atoms with Gasteiger partial charge in [-0.25, -0.2) is 0 Å². The molecule has 0 heterocycles. The SMILES string of the molecule is CCOc1cccc([C@@H](N)CC(=O)OC)c1.Cl. The van der Waals surface area contributed by atoms with Crippen molar-refractivity contribution >= 4 is 18.4 Å². The summed E-state index contributed by atoms with van der Waals surface area (Å²) in [6.45, 7) is 2.52. The van der Waals surface area contributed by atoms with Crippen molar-refractivity contribution in [1.29, 1.82) is 0 Å². The summed E-state index contributed by atoms with van der Waals surface area (Å²) in [4.78, 5) is 11.1. The standard InChI is InChI=1S/C12H17NO3.ClH/c1-3-16-10-6-4-5-9(7-10)11(13)8-12(14)15-2;/h4-7,11H,3,8,13H2,1-2H3;1H/t11-;/m0./s1. The van der Waals surface area contributed by atoms with Crippen molar-refractivity contribution < 1.29 is 14.3 Å². The van der Waals surface area contributed by atoms with Crippen molar-refractivity contribution in [3.8, 4) is 5.75 Å². The molecule has 1 aromatic carbocycles. The van der Waals surface area contributed by atoms with Crippen LogP contribution in [0.25, 0.3) is 0 Å². The molecule has 0 fully saturated rings. The number of esters is 1. The number of methoxy groups -OCH3 is 1. The summed E-state index contributed by atoms with van der Waals surface area (Å²) < 4.78 is 9.93. The second-order valence-corrected chi connectivity index (χ2v) is 3.39. The number of hydrogen-bond acceptors (Lipinski definition) is 4. The average molecular weight is 260 g/mol. The first kappa shape index (κ1) is 15.7. The second kappa shape index (κ2) is 7.92. The lowest BCUT2D eigenvalue weighted by Crippen LogP contribution is -2.16. The quantitative estimate of drug-likeness (QED) is 0.823. The van der Waals surface area contributed by atoms with Crippen molar-refractivity contribution in [2.24, 2.45) is 5.73 Å². The molecular formula is C12H18ClNO3. The van der Waals surface area contributed by atoms with Crippen LogP contribution in [0.2, 0.25) is 0 Å². The van der Waals surface area contributed by atoms with Gasteiger partial charge in [-0.1, -0.05) is 12.1 Å². The predicted octanol–water partition coefficient (Wildman–Crippen LogP) is 2.07. The number of benzene rings is 1. The molecule has 0 aliphatic rings. The molecule has 4 nitrogen and oxygen atoms in total. The van der Waals surface area contributed by atoms with Crippen LogP contribution in [-0.2, 0) is 9.53 Å². The van der Waals surface area contributed by atoms with E-state index in [1.807, 2.05) is 31.2 Å². The van der Waals surface area contributed by atoms with Crippen molar-refractivity contribution in [3.63, 3.8) is 0 Å². The van der Waals surface area contributed by atoms with Gasteiger partial charge in [0.05, 0.1) is 20.1 Å². The number of rotatable bonds is 5. The van der Waals surface area contributed by atoms with Gasteiger partial charge in [-0.15, -0.1) is 12.4 Å². The maximum absolute atomic E-state index is 11.1. The first-order chi connectivity index (χ1) is 7.67. The van der Waals surface area contributed by atoms with Gasteiger partial charge < -0.3 is 15.2 Å². The van der Waals surface area contributed by atoms with Crippen LogP contribution in [0.15, 0.2) is 24.3 Å². The van der Waals surface area contributed by atoms with E-state index in [0.717, 1.165) is 11.3 Å². The van der Waals surface area contributed by atoms with Gasteiger partial charge in [0, 0.05) is 6.04 Å². The Balaban J connectivity index is 0.00000256. The highest BCUT2D eigenvalue weighted by Crippen LogP contribution is 2.20. The van der Waals surface area contributed by atoms with Crippen LogP contribution < -0.4 is 10.5 Å². The summed E-state index contributed by atoms with van der Waals surface area (Å²) >= 11 is 0. The monoisotopic (exact) mass is 259 g/mol. The number of carbonyl (C=O) groups is 1. The molecular weight excluding hydrogens is 242 g/mol. The third-order valence-electron chi connectivity index (χ3n) is 2.21. The molecule has 0 saturated carbocycles. The molecule has 0 amide bonds. The number of halogens is 1. The summed E-state index contributed by atoms with van der Waals surface area (Å²) in [5.74, 6) is 0.453. The highest BCUT2D eigenvalue weighted by molar-refractivity contribution is 5.85. The first-order valence-electron chi connectivity index (χ1n) is 5.22. The zero-order chi connectivity index (χ0) is 12.0. The van der Waals surface area contributed by atoms with E-state index < -0.39 is 0 Å². The summed E-state index contributed by atoms with van der Waals surface area (Å²) in [7, 11) is 1.35. The molecule has 1 rings (SSSR count). The molecule has 96 valence electrons. The van der Waals surface area contributed by atoms with Crippen LogP contribution >= 0.6 is 12.4 Å². The number of carbonyl (C=O) groups excluding carboxylic acids is 1. The van der Waals surface area contributed by atoms with Crippen molar-refractivity contribution in [2.45, 2.75) is 19.4 Å². The minimum absolute atomic E-state index is 0. The van der Waals surface area contributed by atoms with Gasteiger partial charge in [0.15, 0.2) is 0 Å². The fourth-order valence-electron chi connectivity index (χ4n) is 1.38. The lowest BCUT2D eigenvalue weighted by atomic mass is 10.0. The van der Waals surface area contributed by atoms with E-state index in [1.165, 1.54) is 7.11 Å². The Morgan fingerprint density at radius 1 is 1.47 bits per heavy atom. The molecule has 17 heavy (non-hydrogen) atoms. The molecule has 0 aliphatic carbocycles. The number of nitrogens with two attached hydrogens (primary N) is 1. The second-order valence-electron chi connectivity index (χ2n) is 3.39. The average Bonchev–Trinajstić information content (AvgIpc) is 2.29. The van der Waals surface area contributed by atoms with Gasteiger partial charge >= 0.3 is 5.97 Å². The summed E-state index contributed by atoms with van der Waals surface area (Å²) in [5.41, 5.74) is 6.75. The first-order valence-corrected chi connectivity index (χ1v) is 5.22. The smallest absolute Gasteiger partial charge is 0.307 e. The minimum atomic E-state index is -0.354. The Hall–Kier alpha value is -1.26. The fourth-order valence-corrected chi connectivity index (χ4v) is 1.38. The van der Waals surface area contributed by atoms with Gasteiger partial charge in [-0.2, -0.15) is 0 Å². The van der Waals surface area contributed by atoms with E-state index in [-0.39, 0.29) is 30.8 Å². The molecule has 1 atom stereocenters. The zero-order valence-corrected chi connectivity index (χ0v) is 10.8. The summed E-state index contributed by atoms with van der Waals surface area (Å²) in [5, 5.41) is 0. The highest BCUT2D eigenvalue weighted by atomic mass is 35.5. The zero-order valence-electron chi connectivity index (χ0n) is 10.0. The highest BCUT2D eigenvalue weighted by Gasteiger charge is 2.12. The van der Waals surface area contributed by atoms with Crippen LogP contribution in [0.1, 0.15) is 24.9 Å². The van der Waals surface area contributed by atoms with Crippen molar-refractivity contribution in [1.82, 2.24) is 0 Å². The molecule has 0 saturated heterocycles. The third-order valence-corrected chi connectivity index (χ3v) is 2.21. The van der Waals surface area contributed by atoms with Crippen LogP contribution in [-0.4, -0.2) is 19.7 Å². The minimum Gasteiger partial charge on any atom is -0.494 e. The van der Waals surface area contributed by atoms with E-state index in [2.05, 4.69) is 4.74 Å². The van der Waals surface area contributed by atoms with E-state index >= 15 is 0 Å². The lowest BCUT2D eigenvalue weighted by Gasteiger charge is -2.12. The topological polar surface area (TPSA) is 61.5 Å². The molecule has 0 unspecified atom stereocenters. The van der Waals surface area contributed by atoms with E-state index in [0.29, 0.717) is 6.61 Å². The van der Waals surface area contributed by atoms with Crippen LogP contribution in [0.5, 0.6) is 5.75 Å².